The number of carbonyl (C=O) groups is 1. The van der Waals surface area contributed by atoms with Gasteiger partial charge in [-0.3, -0.25) is 4.79 Å². The van der Waals surface area contributed by atoms with E-state index in [4.69, 9.17) is 29.6 Å². The van der Waals surface area contributed by atoms with Crippen LogP contribution in [0.15, 0.2) is 36.4 Å². The van der Waals surface area contributed by atoms with E-state index in [-0.39, 0.29) is 16.6 Å². The molecule has 21 heavy (non-hydrogen) atoms. The zero-order valence-corrected chi connectivity index (χ0v) is 12.8. The van der Waals surface area contributed by atoms with Gasteiger partial charge in [0.1, 0.15) is 10.7 Å². The van der Waals surface area contributed by atoms with E-state index >= 15 is 0 Å². The van der Waals surface area contributed by atoms with E-state index in [1.807, 2.05) is 0 Å². The van der Waals surface area contributed by atoms with Crippen molar-refractivity contribution in [2.24, 2.45) is 5.73 Å². The third kappa shape index (κ3) is 3.51. The number of anilines is 1. The number of phenolic OH excluding ortho intramolecular Hbond substituents is 1. The molecule has 2 rings (SSSR count). The van der Waals surface area contributed by atoms with Gasteiger partial charge in [-0.25, -0.2) is 0 Å². The lowest BCUT2D eigenvalue weighted by molar-refractivity contribution is 0.102. The maximum Gasteiger partial charge on any atom is 0.255 e. The highest BCUT2D eigenvalue weighted by molar-refractivity contribution is 7.80. The molecular weight excluding hydrogens is 308 g/mol. The van der Waals surface area contributed by atoms with Crippen molar-refractivity contribution in [3.8, 4) is 5.75 Å². The minimum absolute atomic E-state index is 0.139. The van der Waals surface area contributed by atoms with Crippen LogP contribution in [0.2, 0.25) is 5.02 Å². The summed E-state index contributed by atoms with van der Waals surface area (Å²) in [6, 6.07) is 9.52. The van der Waals surface area contributed by atoms with Gasteiger partial charge in [-0.15, -0.1) is 0 Å². The number of rotatable bonds is 3. The van der Waals surface area contributed by atoms with Gasteiger partial charge in [-0.1, -0.05) is 29.9 Å². The van der Waals surface area contributed by atoms with Crippen molar-refractivity contribution in [3.05, 3.63) is 58.1 Å². The summed E-state index contributed by atoms with van der Waals surface area (Å²) >= 11 is 10.9. The largest absolute Gasteiger partial charge is 0.508 e. The van der Waals surface area contributed by atoms with Crippen LogP contribution in [0.5, 0.6) is 5.75 Å². The third-order valence-electron chi connectivity index (χ3n) is 2.96. The number of benzene rings is 2. The zero-order valence-electron chi connectivity index (χ0n) is 11.2. The Morgan fingerprint density at radius 2 is 1.90 bits per heavy atom. The number of thiocarbonyl (C=S) groups is 1. The van der Waals surface area contributed by atoms with Gasteiger partial charge in [-0.2, -0.15) is 0 Å². The molecule has 0 spiro atoms. The average molecular weight is 321 g/mol. The first-order chi connectivity index (χ1) is 9.88. The Hall–Kier alpha value is -2.11. The minimum atomic E-state index is -0.333. The number of halogens is 1. The van der Waals surface area contributed by atoms with E-state index in [0.29, 0.717) is 27.4 Å². The van der Waals surface area contributed by atoms with E-state index in [1.165, 1.54) is 12.1 Å². The maximum absolute atomic E-state index is 12.2. The molecule has 4 N–H and O–H groups in total. The Kier molecular flexibility index (Phi) is 4.45. The van der Waals surface area contributed by atoms with Crippen LogP contribution >= 0.6 is 23.8 Å². The molecule has 0 atom stereocenters. The highest BCUT2D eigenvalue weighted by Crippen LogP contribution is 2.24. The quantitative estimate of drug-likeness (QED) is 0.759. The summed E-state index contributed by atoms with van der Waals surface area (Å²) in [6.07, 6.45) is 0. The summed E-state index contributed by atoms with van der Waals surface area (Å²) in [5.41, 5.74) is 7.64. The Balaban J connectivity index is 2.28. The lowest BCUT2D eigenvalue weighted by Gasteiger charge is -2.10. The average Bonchev–Trinajstić information content (AvgIpc) is 2.43. The number of hydrogen-bond donors (Lipinski definition) is 3. The second-order valence-corrected chi connectivity index (χ2v) is 5.36. The molecule has 0 unspecified atom stereocenters. The number of nitrogens with two attached hydrogens (primary N) is 1. The summed E-state index contributed by atoms with van der Waals surface area (Å²) in [4.78, 5) is 12.4. The first-order valence-corrected chi connectivity index (χ1v) is 6.87. The van der Waals surface area contributed by atoms with Crippen molar-refractivity contribution >= 4 is 40.4 Å². The second-order valence-electron chi connectivity index (χ2n) is 4.51. The molecule has 2 aromatic carbocycles. The van der Waals surface area contributed by atoms with Gasteiger partial charge in [0, 0.05) is 11.1 Å². The summed E-state index contributed by atoms with van der Waals surface area (Å²) < 4.78 is 0. The molecule has 0 aliphatic carbocycles. The molecule has 0 bridgehead atoms. The van der Waals surface area contributed by atoms with Gasteiger partial charge in [0.15, 0.2) is 0 Å². The van der Waals surface area contributed by atoms with Gasteiger partial charge in [-0.05, 0) is 42.8 Å². The predicted octanol–water partition coefficient (Wildman–Crippen LogP) is 3.24. The topological polar surface area (TPSA) is 75.4 Å². The highest BCUT2D eigenvalue weighted by Gasteiger charge is 2.11. The number of amides is 1. The summed E-state index contributed by atoms with van der Waals surface area (Å²) in [5.74, 6) is -0.194. The van der Waals surface area contributed by atoms with Gasteiger partial charge >= 0.3 is 0 Å². The number of aromatic hydroxyl groups is 1. The van der Waals surface area contributed by atoms with Crippen LogP contribution in [-0.2, 0) is 0 Å². The van der Waals surface area contributed by atoms with E-state index in [1.54, 1.807) is 31.2 Å². The highest BCUT2D eigenvalue weighted by atomic mass is 35.5. The van der Waals surface area contributed by atoms with E-state index in [2.05, 4.69) is 5.32 Å². The smallest absolute Gasteiger partial charge is 0.255 e. The summed E-state index contributed by atoms with van der Waals surface area (Å²) in [5, 5.41) is 12.6. The van der Waals surface area contributed by atoms with Crippen LogP contribution in [0.3, 0.4) is 0 Å². The van der Waals surface area contributed by atoms with Crippen LogP contribution in [0.25, 0.3) is 0 Å². The molecule has 0 radical (unpaired) electrons. The van der Waals surface area contributed by atoms with Crippen LogP contribution < -0.4 is 11.1 Å². The van der Waals surface area contributed by atoms with Crippen molar-refractivity contribution in [2.75, 3.05) is 5.32 Å². The molecule has 4 nitrogen and oxygen atoms in total. The Morgan fingerprint density at radius 1 is 1.24 bits per heavy atom. The first kappa shape index (κ1) is 15.3. The Bertz CT molecular complexity index is 732. The predicted molar refractivity (Wildman–Crippen MR) is 88.1 cm³/mol. The molecular formula is C15H13ClN2O2S. The Labute approximate surface area is 132 Å². The van der Waals surface area contributed by atoms with E-state index in [9.17, 15) is 9.90 Å². The first-order valence-electron chi connectivity index (χ1n) is 6.09. The number of nitrogens with one attached hydrogen (secondary N) is 1. The Morgan fingerprint density at radius 3 is 2.52 bits per heavy atom. The van der Waals surface area contributed by atoms with Crippen LogP contribution in [0.1, 0.15) is 21.5 Å². The lowest BCUT2D eigenvalue weighted by Crippen LogP contribution is -2.14. The molecule has 108 valence electrons. The standard InChI is InChI=1S/C15H13ClN2O2S/c1-8-6-10(3-5-13(8)19)15(20)18-12-7-9(14(17)21)2-4-11(12)16/h2-7,19H,1H3,(H2,17,21)(H,18,20). The van der Waals surface area contributed by atoms with E-state index < -0.39 is 0 Å². The minimum Gasteiger partial charge on any atom is -0.508 e. The second kappa shape index (κ2) is 6.11. The normalized spacial score (nSPS) is 10.2. The molecule has 6 heteroatoms. The molecule has 0 aliphatic rings. The van der Waals surface area contributed by atoms with Crippen molar-refractivity contribution in [1.29, 1.82) is 0 Å². The van der Waals surface area contributed by atoms with Crippen molar-refractivity contribution in [2.45, 2.75) is 6.92 Å². The molecule has 0 aromatic heterocycles. The molecule has 0 saturated heterocycles. The van der Waals surface area contributed by atoms with Crippen molar-refractivity contribution in [1.82, 2.24) is 0 Å². The SMILES string of the molecule is Cc1cc(C(=O)Nc2cc(C(N)=S)ccc2Cl)ccc1O. The monoisotopic (exact) mass is 320 g/mol. The maximum atomic E-state index is 12.2. The number of aryl methyl sites for hydroxylation is 1. The van der Waals surface area contributed by atoms with E-state index in [0.717, 1.165) is 0 Å². The number of carbonyl (C=O) groups excluding carboxylic acids is 1. The molecule has 2 aromatic rings. The summed E-state index contributed by atoms with van der Waals surface area (Å²) in [7, 11) is 0. The molecule has 0 fully saturated rings. The van der Waals surface area contributed by atoms with Crippen molar-refractivity contribution in [3.63, 3.8) is 0 Å². The summed E-state index contributed by atoms with van der Waals surface area (Å²) in [6.45, 7) is 1.71. The fourth-order valence-corrected chi connectivity index (χ4v) is 2.06. The fraction of sp³-hybridized carbons (Fsp3) is 0.0667. The number of phenols is 1. The van der Waals surface area contributed by atoms with Crippen LogP contribution in [-0.4, -0.2) is 16.0 Å². The van der Waals surface area contributed by atoms with Gasteiger partial charge < -0.3 is 16.2 Å². The van der Waals surface area contributed by atoms with Gasteiger partial charge in [0.2, 0.25) is 0 Å². The van der Waals surface area contributed by atoms with Crippen LogP contribution in [0.4, 0.5) is 5.69 Å². The molecule has 1 amide bonds. The van der Waals surface area contributed by atoms with Crippen LogP contribution in [0, 0.1) is 6.92 Å². The third-order valence-corrected chi connectivity index (χ3v) is 3.52. The number of hydrogen-bond acceptors (Lipinski definition) is 3. The fourth-order valence-electron chi connectivity index (χ4n) is 1.77. The van der Waals surface area contributed by atoms with Gasteiger partial charge in [0.05, 0.1) is 10.7 Å². The van der Waals surface area contributed by atoms with Crippen molar-refractivity contribution < 1.29 is 9.90 Å². The molecule has 0 saturated carbocycles. The molecule has 0 heterocycles. The molecule has 0 aliphatic heterocycles. The van der Waals surface area contributed by atoms with Gasteiger partial charge in [0.25, 0.3) is 5.91 Å². The zero-order chi connectivity index (χ0) is 15.6. The lowest BCUT2D eigenvalue weighted by atomic mass is 10.1.